The van der Waals surface area contributed by atoms with Crippen molar-refractivity contribution >= 4 is 11.6 Å². The normalized spacial score (nSPS) is 11.6. The quantitative estimate of drug-likeness (QED) is 0.416. The largest absolute Gasteiger partial charge is 0.395 e. The number of aryl methyl sites for hydroxylation is 2. The van der Waals surface area contributed by atoms with Crippen molar-refractivity contribution in [2.75, 3.05) is 25.6 Å². The molecule has 6 N–H and O–H groups in total. The van der Waals surface area contributed by atoms with Gasteiger partial charge in [-0.3, -0.25) is 9.48 Å². The van der Waals surface area contributed by atoms with Crippen LogP contribution in [0.5, 0.6) is 0 Å². The van der Waals surface area contributed by atoms with E-state index >= 15 is 0 Å². The van der Waals surface area contributed by atoms with Crippen LogP contribution in [0.25, 0.3) is 0 Å². The highest BCUT2D eigenvalue weighted by Crippen LogP contribution is 2.17. The van der Waals surface area contributed by atoms with Crippen molar-refractivity contribution in [2.24, 2.45) is 0 Å². The summed E-state index contributed by atoms with van der Waals surface area (Å²) in [6.07, 6.45) is 0. The summed E-state index contributed by atoms with van der Waals surface area (Å²) in [7, 11) is 0. The molecule has 1 aromatic heterocycles. The number of nitrogen functional groups attached to an aromatic ring is 1. The molecule has 0 fully saturated rings. The number of amides is 1. The minimum Gasteiger partial charge on any atom is -0.395 e. The van der Waals surface area contributed by atoms with Crippen LogP contribution in [0.2, 0.25) is 0 Å². The van der Waals surface area contributed by atoms with E-state index in [4.69, 9.17) is 5.73 Å². The van der Waals surface area contributed by atoms with Crippen molar-refractivity contribution in [2.45, 2.75) is 25.9 Å². The van der Waals surface area contributed by atoms with Gasteiger partial charge in [-0.1, -0.05) is 0 Å². The first-order chi connectivity index (χ1) is 8.94. The summed E-state index contributed by atoms with van der Waals surface area (Å²) in [6.45, 7) is 2.15. The lowest BCUT2D eigenvalue weighted by Crippen LogP contribution is -2.57. The highest BCUT2D eigenvalue weighted by atomic mass is 16.3. The molecule has 1 aromatic rings. The van der Waals surface area contributed by atoms with E-state index < -0.39 is 31.3 Å². The van der Waals surface area contributed by atoms with Gasteiger partial charge in [0.25, 0.3) is 5.91 Å². The Morgan fingerprint density at radius 1 is 1.37 bits per heavy atom. The smallest absolute Gasteiger partial charge is 0.272 e. The molecule has 8 nitrogen and oxygen atoms in total. The molecule has 0 radical (unpaired) electrons. The Hall–Kier alpha value is -1.64. The zero-order chi connectivity index (χ0) is 14.6. The van der Waals surface area contributed by atoms with Crippen LogP contribution < -0.4 is 11.1 Å². The second kappa shape index (κ2) is 6.00. The van der Waals surface area contributed by atoms with Crippen molar-refractivity contribution < 1.29 is 20.1 Å². The predicted molar refractivity (Wildman–Crippen MR) is 68.5 cm³/mol. The third-order valence-corrected chi connectivity index (χ3v) is 2.98. The SMILES string of the molecule is CCn1nc(C)c(N)c1C(=O)NC(CO)(CO)CO. The van der Waals surface area contributed by atoms with Crippen LogP contribution in [0.4, 0.5) is 5.69 Å². The molecule has 0 saturated heterocycles. The summed E-state index contributed by atoms with van der Waals surface area (Å²) in [5, 5.41) is 34.1. The number of carbonyl (C=O) groups excluding carboxylic acids is 1. The molecule has 0 bridgehead atoms. The van der Waals surface area contributed by atoms with Crippen molar-refractivity contribution in [1.29, 1.82) is 0 Å². The third kappa shape index (κ3) is 2.86. The first-order valence-electron chi connectivity index (χ1n) is 5.92. The number of anilines is 1. The summed E-state index contributed by atoms with van der Waals surface area (Å²) < 4.78 is 1.43. The Kier molecular flexibility index (Phi) is 4.87. The fourth-order valence-corrected chi connectivity index (χ4v) is 1.63. The van der Waals surface area contributed by atoms with E-state index in [2.05, 4.69) is 10.4 Å². The lowest BCUT2D eigenvalue weighted by molar-refractivity contribution is 0.0371. The Morgan fingerprint density at radius 3 is 2.32 bits per heavy atom. The molecule has 1 amide bonds. The third-order valence-electron chi connectivity index (χ3n) is 2.98. The van der Waals surface area contributed by atoms with Crippen LogP contribution in [0.3, 0.4) is 0 Å². The lowest BCUT2D eigenvalue weighted by Gasteiger charge is -2.28. The van der Waals surface area contributed by atoms with Gasteiger partial charge >= 0.3 is 0 Å². The average Bonchev–Trinajstić information content (AvgIpc) is 2.71. The average molecular weight is 272 g/mol. The van der Waals surface area contributed by atoms with Gasteiger partial charge in [-0.2, -0.15) is 5.10 Å². The first-order valence-corrected chi connectivity index (χ1v) is 5.92. The molecule has 1 rings (SSSR count). The Balaban J connectivity index is 3.07. The van der Waals surface area contributed by atoms with Gasteiger partial charge in [0.05, 0.1) is 31.2 Å². The summed E-state index contributed by atoms with van der Waals surface area (Å²) in [6, 6.07) is 0. The number of carbonyl (C=O) groups is 1. The van der Waals surface area contributed by atoms with Gasteiger partial charge in [0.2, 0.25) is 0 Å². The lowest BCUT2D eigenvalue weighted by atomic mass is 10.0. The Labute approximate surface area is 110 Å². The van der Waals surface area contributed by atoms with Gasteiger partial charge < -0.3 is 26.4 Å². The number of nitrogens with one attached hydrogen (secondary N) is 1. The molecule has 0 aliphatic carbocycles. The molecule has 108 valence electrons. The topological polar surface area (TPSA) is 134 Å². The highest BCUT2D eigenvalue weighted by Gasteiger charge is 2.32. The number of nitrogens with two attached hydrogens (primary N) is 1. The van der Waals surface area contributed by atoms with E-state index in [0.29, 0.717) is 12.2 Å². The van der Waals surface area contributed by atoms with Gasteiger partial charge in [0.15, 0.2) is 0 Å². The summed E-state index contributed by atoms with van der Waals surface area (Å²) in [5.41, 5.74) is 5.22. The number of aromatic nitrogens is 2. The van der Waals surface area contributed by atoms with E-state index in [9.17, 15) is 20.1 Å². The predicted octanol–water partition coefficient (Wildman–Crippen LogP) is -1.76. The molecule has 0 saturated carbocycles. The number of hydrogen-bond acceptors (Lipinski definition) is 6. The van der Waals surface area contributed by atoms with Crippen LogP contribution in [0.1, 0.15) is 23.1 Å². The van der Waals surface area contributed by atoms with E-state index in [1.165, 1.54) is 4.68 Å². The fourth-order valence-electron chi connectivity index (χ4n) is 1.63. The standard InChI is InChI=1S/C11H20N4O4/c1-3-15-9(8(12)7(2)14-15)10(19)13-11(4-16,5-17)6-18/h16-18H,3-6,12H2,1-2H3,(H,13,19). The summed E-state index contributed by atoms with van der Waals surface area (Å²) in [4.78, 5) is 12.2. The molecular formula is C11H20N4O4. The van der Waals surface area contributed by atoms with Crippen LogP contribution in [-0.4, -0.2) is 56.4 Å². The van der Waals surface area contributed by atoms with Gasteiger partial charge in [-0.05, 0) is 13.8 Å². The van der Waals surface area contributed by atoms with E-state index in [1.807, 2.05) is 0 Å². The molecule has 1 heterocycles. The maximum atomic E-state index is 12.2. The molecule has 0 unspecified atom stereocenters. The van der Waals surface area contributed by atoms with Crippen molar-refractivity contribution in [3.05, 3.63) is 11.4 Å². The van der Waals surface area contributed by atoms with Crippen LogP contribution >= 0.6 is 0 Å². The number of aliphatic hydroxyl groups is 3. The molecule has 0 atom stereocenters. The second-order valence-electron chi connectivity index (χ2n) is 4.37. The van der Waals surface area contributed by atoms with E-state index in [-0.39, 0.29) is 11.4 Å². The van der Waals surface area contributed by atoms with Crippen molar-refractivity contribution in [3.63, 3.8) is 0 Å². The van der Waals surface area contributed by atoms with Crippen molar-refractivity contribution in [3.8, 4) is 0 Å². The van der Waals surface area contributed by atoms with E-state index in [1.54, 1.807) is 13.8 Å². The molecule has 8 heteroatoms. The number of rotatable bonds is 6. The number of hydrogen-bond donors (Lipinski definition) is 5. The monoisotopic (exact) mass is 272 g/mol. The minimum atomic E-state index is -1.49. The van der Waals surface area contributed by atoms with Gasteiger partial charge in [0.1, 0.15) is 11.2 Å². The van der Waals surface area contributed by atoms with E-state index in [0.717, 1.165) is 0 Å². The van der Waals surface area contributed by atoms with Crippen LogP contribution in [0.15, 0.2) is 0 Å². The van der Waals surface area contributed by atoms with Crippen LogP contribution in [0, 0.1) is 6.92 Å². The number of nitrogens with zero attached hydrogens (tertiary/aromatic N) is 2. The zero-order valence-electron chi connectivity index (χ0n) is 11.1. The molecule has 0 aliphatic heterocycles. The maximum Gasteiger partial charge on any atom is 0.272 e. The van der Waals surface area contributed by atoms with Gasteiger partial charge in [0, 0.05) is 6.54 Å². The molecule has 0 aliphatic rings. The highest BCUT2D eigenvalue weighted by molar-refractivity contribution is 5.98. The Morgan fingerprint density at radius 2 is 1.89 bits per heavy atom. The molecule has 0 aromatic carbocycles. The molecular weight excluding hydrogens is 252 g/mol. The first kappa shape index (κ1) is 15.4. The Bertz CT molecular complexity index is 446. The fraction of sp³-hybridized carbons (Fsp3) is 0.636. The molecule has 19 heavy (non-hydrogen) atoms. The van der Waals surface area contributed by atoms with Gasteiger partial charge in [-0.25, -0.2) is 0 Å². The summed E-state index contributed by atoms with van der Waals surface area (Å²) in [5.74, 6) is -0.600. The van der Waals surface area contributed by atoms with Crippen LogP contribution in [-0.2, 0) is 6.54 Å². The maximum absolute atomic E-state index is 12.2. The van der Waals surface area contributed by atoms with Gasteiger partial charge in [-0.15, -0.1) is 0 Å². The minimum absolute atomic E-state index is 0.153. The second-order valence-corrected chi connectivity index (χ2v) is 4.37. The van der Waals surface area contributed by atoms with Crippen molar-refractivity contribution in [1.82, 2.24) is 15.1 Å². The molecule has 0 spiro atoms. The zero-order valence-corrected chi connectivity index (χ0v) is 11.1. The number of aliphatic hydroxyl groups excluding tert-OH is 3. The summed E-state index contributed by atoms with van der Waals surface area (Å²) >= 11 is 0.